The Morgan fingerprint density at radius 1 is 1.04 bits per heavy atom. The minimum atomic E-state index is -0.576. The highest BCUT2D eigenvalue weighted by Gasteiger charge is 2.22. The van der Waals surface area contributed by atoms with Gasteiger partial charge >= 0.3 is 0 Å². The largest absolute Gasteiger partial charge is 0.367 e. The summed E-state index contributed by atoms with van der Waals surface area (Å²) < 4.78 is 0. The summed E-state index contributed by atoms with van der Waals surface area (Å²) in [5, 5.41) is 9.29. The van der Waals surface area contributed by atoms with Crippen LogP contribution in [0.5, 0.6) is 0 Å². The molecule has 0 aliphatic carbocycles. The van der Waals surface area contributed by atoms with Crippen molar-refractivity contribution in [3.05, 3.63) is 70.8 Å². The fourth-order valence-corrected chi connectivity index (χ4v) is 3.33. The Kier molecular flexibility index (Phi) is 6.68. The van der Waals surface area contributed by atoms with Gasteiger partial charge in [-0.3, -0.25) is 14.8 Å². The van der Waals surface area contributed by atoms with E-state index in [4.69, 9.17) is 16.8 Å². The molecule has 1 aliphatic rings. The minimum absolute atomic E-state index is 0.106. The number of carbonyl (C=O) groups is 2. The zero-order valence-corrected chi connectivity index (χ0v) is 16.1. The summed E-state index contributed by atoms with van der Waals surface area (Å²) in [7, 11) is 0. The Morgan fingerprint density at radius 3 is 2.39 bits per heavy atom. The lowest BCUT2D eigenvalue weighted by Crippen LogP contribution is -2.49. The molecule has 0 spiro atoms. The smallest absolute Gasteiger partial charge is 0.267 e. The van der Waals surface area contributed by atoms with Crippen molar-refractivity contribution < 1.29 is 14.8 Å². The van der Waals surface area contributed by atoms with E-state index in [1.54, 1.807) is 23.7 Å². The Morgan fingerprint density at radius 2 is 1.71 bits per heavy atom. The number of nitrogens with one attached hydrogen (secondary N) is 1. The van der Waals surface area contributed by atoms with E-state index in [1.807, 2.05) is 41.3 Å². The number of anilines is 1. The Hall–Kier alpha value is -2.83. The van der Waals surface area contributed by atoms with Gasteiger partial charge in [0.1, 0.15) is 0 Å². The van der Waals surface area contributed by atoms with E-state index in [-0.39, 0.29) is 5.91 Å². The van der Waals surface area contributed by atoms with Gasteiger partial charge in [0, 0.05) is 43.0 Å². The zero-order chi connectivity index (χ0) is 19.9. The molecule has 2 amide bonds. The maximum Gasteiger partial charge on any atom is 0.267 e. The summed E-state index contributed by atoms with van der Waals surface area (Å²) in [6.07, 6.45) is 3.32. The number of halogens is 1. The van der Waals surface area contributed by atoms with Crippen LogP contribution in [0.25, 0.3) is 6.08 Å². The van der Waals surface area contributed by atoms with Crippen molar-refractivity contribution in [3.8, 4) is 0 Å². The third-order valence-corrected chi connectivity index (χ3v) is 4.95. The summed E-state index contributed by atoms with van der Waals surface area (Å²) in [5.74, 6) is -0.470. The zero-order valence-electron chi connectivity index (χ0n) is 15.3. The first-order chi connectivity index (χ1) is 13.6. The van der Waals surface area contributed by atoms with E-state index in [0.717, 1.165) is 16.8 Å². The molecular formula is C21H22ClN3O3. The van der Waals surface area contributed by atoms with Gasteiger partial charge in [0.15, 0.2) is 0 Å². The van der Waals surface area contributed by atoms with Gasteiger partial charge in [-0.05, 0) is 35.4 Å². The monoisotopic (exact) mass is 399 g/mol. The number of hydroxylamine groups is 1. The summed E-state index contributed by atoms with van der Waals surface area (Å²) >= 11 is 5.89. The second-order valence-electron chi connectivity index (χ2n) is 6.54. The third kappa shape index (κ3) is 5.12. The molecule has 1 saturated heterocycles. The normalized spacial score (nSPS) is 14.4. The first-order valence-corrected chi connectivity index (χ1v) is 9.43. The number of nitrogens with zero attached hydrogens (tertiary/aromatic N) is 2. The first-order valence-electron chi connectivity index (χ1n) is 9.05. The van der Waals surface area contributed by atoms with Gasteiger partial charge in [-0.1, -0.05) is 41.9 Å². The van der Waals surface area contributed by atoms with Crippen LogP contribution in [-0.4, -0.2) is 48.1 Å². The van der Waals surface area contributed by atoms with Crippen LogP contribution in [-0.2, 0) is 16.0 Å². The van der Waals surface area contributed by atoms with E-state index >= 15 is 0 Å². The van der Waals surface area contributed by atoms with Gasteiger partial charge in [-0.2, -0.15) is 0 Å². The number of amides is 2. The van der Waals surface area contributed by atoms with Crippen LogP contribution in [0.1, 0.15) is 11.1 Å². The third-order valence-electron chi connectivity index (χ3n) is 4.70. The molecule has 2 aromatic rings. The summed E-state index contributed by atoms with van der Waals surface area (Å²) in [6.45, 7) is 2.70. The molecule has 1 fully saturated rings. The molecule has 0 aromatic heterocycles. The molecule has 2 aromatic carbocycles. The number of carbonyl (C=O) groups excluding carboxylic acids is 2. The van der Waals surface area contributed by atoms with E-state index < -0.39 is 5.91 Å². The average Bonchev–Trinajstić information content (AvgIpc) is 2.74. The molecule has 0 saturated carbocycles. The van der Waals surface area contributed by atoms with Crippen LogP contribution in [0.15, 0.2) is 54.6 Å². The number of rotatable bonds is 5. The van der Waals surface area contributed by atoms with Gasteiger partial charge in [-0.15, -0.1) is 0 Å². The molecule has 3 rings (SSSR count). The van der Waals surface area contributed by atoms with Gasteiger partial charge < -0.3 is 9.80 Å². The molecule has 6 nitrogen and oxygen atoms in total. The van der Waals surface area contributed by atoms with Crippen molar-refractivity contribution >= 4 is 35.2 Å². The van der Waals surface area contributed by atoms with Gasteiger partial charge in [0.25, 0.3) is 5.91 Å². The maximum absolute atomic E-state index is 12.6. The molecule has 7 heteroatoms. The van der Waals surface area contributed by atoms with Crippen LogP contribution in [0.4, 0.5) is 5.69 Å². The fraction of sp³-hybridized carbons (Fsp3) is 0.238. The van der Waals surface area contributed by atoms with Crippen molar-refractivity contribution in [2.45, 2.75) is 6.42 Å². The maximum atomic E-state index is 12.6. The van der Waals surface area contributed by atoms with E-state index in [2.05, 4.69) is 4.90 Å². The topological polar surface area (TPSA) is 72.9 Å². The lowest BCUT2D eigenvalue weighted by Gasteiger charge is -2.37. The van der Waals surface area contributed by atoms with Gasteiger partial charge in [-0.25, -0.2) is 5.48 Å². The number of hydrogen-bond donors (Lipinski definition) is 2. The van der Waals surface area contributed by atoms with Crippen LogP contribution >= 0.6 is 11.6 Å². The van der Waals surface area contributed by atoms with Crippen LogP contribution in [0, 0.1) is 0 Å². The first kappa shape index (κ1) is 19.9. The predicted molar refractivity (Wildman–Crippen MR) is 109 cm³/mol. The SMILES string of the molecule is O=C(/C=C/c1ccccc1N1CCN(C(=O)Cc2ccc(Cl)cc2)CC1)NO. The molecule has 146 valence electrons. The number of benzene rings is 2. The summed E-state index contributed by atoms with van der Waals surface area (Å²) in [4.78, 5) is 27.9. The summed E-state index contributed by atoms with van der Waals surface area (Å²) in [6, 6.07) is 15.1. The molecule has 1 aliphatic heterocycles. The Labute approximate surface area is 169 Å². The number of piperazine rings is 1. The molecule has 0 atom stereocenters. The molecule has 28 heavy (non-hydrogen) atoms. The highest BCUT2D eigenvalue weighted by Crippen LogP contribution is 2.23. The second-order valence-corrected chi connectivity index (χ2v) is 6.98. The van der Waals surface area contributed by atoms with Crippen molar-refractivity contribution in [2.75, 3.05) is 31.1 Å². The van der Waals surface area contributed by atoms with E-state index in [1.165, 1.54) is 6.08 Å². The van der Waals surface area contributed by atoms with Crippen molar-refractivity contribution in [1.29, 1.82) is 0 Å². The second kappa shape index (κ2) is 9.39. The molecule has 0 unspecified atom stereocenters. The van der Waals surface area contributed by atoms with Gasteiger partial charge in [0.2, 0.25) is 5.91 Å². The summed E-state index contributed by atoms with van der Waals surface area (Å²) in [5.41, 5.74) is 4.41. The van der Waals surface area contributed by atoms with Crippen molar-refractivity contribution in [1.82, 2.24) is 10.4 Å². The average molecular weight is 400 g/mol. The Balaban J connectivity index is 1.61. The quantitative estimate of drug-likeness (QED) is 0.460. The van der Waals surface area contributed by atoms with Crippen LogP contribution in [0.2, 0.25) is 5.02 Å². The number of para-hydroxylation sites is 1. The molecule has 1 heterocycles. The fourth-order valence-electron chi connectivity index (χ4n) is 3.20. The van der Waals surface area contributed by atoms with Crippen molar-refractivity contribution in [3.63, 3.8) is 0 Å². The molecule has 0 bridgehead atoms. The van der Waals surface area contributed by atoms with E-state index in [0.29, 0.717) is 37.6 Å². The number of hydrogen-bond acceptors (Lipinski definition) is 4. The lowest BCUT2D eigenvalue weighted by molar-refractivity contribution is -0.130. The highest BCUT2D eigenvalue weighted by molar-refractivity contribution is 6.30. The van der Waals surface area contributed by atoms with Crippen LogP contribution in [0.3, 0.4) is 0 Å². The molecule has 2 N–H and O–H groups in total. The molecule has 0 radical (unpaired) electrons. The Bertz CT molecular complexity index is 859. The van der Waals surface area contributed by atoms with E-state index in [9.17, 15) is 9.59 Å². The van der Waals surface area contributed by atoms with Crippen LogP contribution < -0.4 is 10.4 Å². The highest BCUT2D eigenvalue weighted by atomic mass is 35.5. The van der Waals surface area contributed by atoms with Gasteiger partial charge in [0.05, 0.1) is 6.42 Å². The van der Waals surface area contributed by atoms with Crippen molar-refractivity contribution in [2.24, 2.45) is 0 Å². The standard InChI is InChI=1S/C21H22ClN3O3/c22-18-8-5-16(6-9-18)15-21(27)25-13-11-24(12-14-25)19-4-2-1-3-17(19)7-10-20(26)23-28/h1-10,28H,11-15H2,(H,23,26)/b10-7+. The lowest BCUT2D eigenvalue weighted by atomic mass is 10.1. The minimum Gasteiger partial charge on any atom is -0.367 e. The predicted octanol–water partition coefficient (Wildman–Crippen LogP) is 2.75. The molecular weight excluding hydrogens is 378 g/mol.